The van der Waals surface area contributed by atoms with E-state index in [2.05, 4.69) is 15.6 Å². The predicted molar refractivity (Wildman–Crippen MR) is 125 cm³/mol. The van der Waals surface area contributed by atoms with Crippen molar-refractivity contribution in [1.29, 1.82) is 0 Å². The maximum atomic E-state index is 12.1. The van der Waals surface area contributed by atoms with Crippen molar-refractivity contribution in [3.8, 4) is 5.75 Å². The number of nitrogens with zero attached hydrogens (tertiary/aromatic N) is 2. The molecule has 0 aromatic heterocycles. The molecule has 6 nitrogen and oxygen atoms in total. The van der Waals surface area contributed by atoms with Crippen LogP contribution in [0.15, 0.2) is 53.5 Å². The summed E-state index contributed by atoms with van der Waals surface area (Å²) in [5.41, 5.74) is 2.83. The number of hydrogen-bond acceptors (Lipinski definition) is 3. The van der Waals surface area contributed by atoms with Crippen LogP contribution >= 0.6 is 24.0 Å². The summed E-state index contributed by atoms with van der Waals surface area (Å²) in [7, 11) is 3.51. The first-order chi connectivity index (χ1) is 13.0. The molecule has 28 heavy (non-hydrogen) atoms. The lowest BCUT2D eigenvalue weighted by atomic mass is 10.1. The molecule has 0 aliphatic heterocycles. The summed E-state index contributed by atoms with van der Waals surface area (Å²) in [6.45, 7) is 4.03. The number of amides is 1. The van der Waals surface area contributed by atoms with Crippen LogP contribution < -0.4 is 10.6 Å². The minimum Gasteiger partial charge on any atom is -0.508 e. The first-order valence-corrected chi connectivity index (χ1v) is 9.10. The average Bonchev–Trinajstić information content (AvgIpc) is 2.67. The molecule has 0 unspecified atom stereocenters. The van der Waals surface area contributed by atoms with Crippen molar-refractivity contribution in [2.24, 2.45) is 4.99 Å². The molecule has 152 valence electrons. The Kier molecular flexibility index (Phi) is 10.4. The maximum absolute atomic E-state index is 12.1. The summed E-state index contributed by atoms with van der Waals surface area (Å²) >= 11 is 0. The Hall–Kier alpha value is -2.29. The lowest BCUT2D eigenvalue weighted by Crippen LogP contribution is -2.38. The Bertz CT molecular complexity index is 776. The summed E-state index contributed by atoms with van der Waals surface area (Å²) in [4.78, 5) is 18.2. The zero-order valence-electron chi connectivity index (χ0n) is 16.6. The molecule has 0 bridgehead atoms. The number of aromatic hydroxyl groups is 1. The molecule has 3 N–H and O–H groups in total. The molecule has 0 aliphatic rings. The highest BCUT2D eigenvalue weighted by molar-refractivity contribution is 14.0. The number of benzene rings is 2. The summed E-state index contributed by atoms with van der Waals surface area (Å²) in [6, 6.07) is 14.7. The second-order valence-electron chi connectivity index (χ2n) is 6.44. The Morgan fingerprint density at radius 2 is 1.79 bits per heavy atom. The van der Waals surface area contributed by atoms with Crippen molar-refractivity contribution in [2.45, 2.75) is 19.9 Å². The summed E-state index contributed by atoms with van der Waals surface area (Å²) < 4.78 is 0. The third kappa shape index (κ3) is 7.75. The Labute approximate surface area is 184 Å². The van der Waals surface area contributed by atoms with E-state index in [0.717, 1.165) is 30.1 Å². The van der Waals surface area contributed by atoms with Gasteiger partial charge in [0.15, 0.2) is 5.96 Å². The molecule has 0 spiro atoms. The topological polar surface area (TPSA) is 77.0 Å². The highest BCUT2D eigenvalue weighted by Crippen LogP contribution is 2.10. The van der Waals surface area contributed by atoms with Gasteiger partial charge in [-0.25, -0.2) is 4.99 Å². The second-order valence-corrected chi connectivity index (χ2v) is 6.44. The van der Waals surface area contributed by atoms with Crippen molar-refractivity contribution in [1.82, 2.24) is 15.5 Å². The number of halogens is 1. The van der Waals surface area contributed by atoms with Gasteiger partial charge < -0.3 is 20.6 Å². The lowest BCUT2D eigenvalue weighted by Gasteiger charge is -2.13. The minimum atomic E-state index is 0. The maximum Gasteiger partial charge on any atom is 0.253 e. The van der Waals surface area contributed by atoms with E-state index in [1.54, 1.807) is 31.1 Å². The number of phenols is 1. The van der Waals surface area contributed by atoms with Gasteiger partial charge in [-0.05, 0) is 48.7 Å². The van der Waals surface area contributed by atoms with Gasteiger partial charge in [-0.3, -0.25) is 4.79 Å². The Morgan fingerprint density at radius 1 is 1.07 bits per heavy atom. The van der Waals surface area contributed by atoms with E-state index in [1.807, 2.05) is 43.3 Å². The summed E-state index contributed by atoms with van der Waals surface area (Å²) in [5.74, 6) is 1.00. The first kappa shape index (κ1) is 23.7. The van der Waals surface area contributed by atoms with Crippen LogP contribution in [-0.4, -0.2) is 49.1 Å². The van der Waals surface area contributed by atoms with Gasteiger partial charge in [0.2, 0.25) is 0 Å². The molecule has 0 aliphatic carbocycles. The molecule has 0 saturated carbocycles. The van der Waals surface area contributed by atoms with Crippen LogP contribution in [0.5, 0.6) is 5.75 Å². The fraction of sp³-hybridized carbons (Fsp3) is 0.333. The smallest absolute Gasteiger partial charge is 0.253 e. The predicted octanol–water partition coefficient (Wildman–Crippen LogP) is 3.01. The molecule has 0 fully saturated rings. The van der Waals surface area contributed by atoms with Gasteiger partial charge >= 0.3 is 0 Å². The number of rotatable bonds is 7. The Balaban J connectivity index is 0.00000392. The van der Waals surface area contributed by atoms with Gasteiger partial charge in [-0.15, -0.1) is 24.0 Å². The third-order valence-corrected chi connectivity index (χ3v) is 3.99. The first-order valence-electron chi connectivity index (χ1n) is 9.10. The van der Waals surface area contributed by atoms with Gasteiger partial charge in [0.1, 0.15) is 5.75 Å². The van der Waals surface area contributed by atoms with Gasteiger partial charge in [-0.2, -0.15) is 0 Å². The van der Waals surface area contributed by atoms with Crippen LogP contribution in [0, 0.1) is 0 Å². The molecule has 0 radical (unpaired) electrons. The van der Waals surface area contributed by atoms with E-state index in [-0.39, 0.29) is 35.6 Å². The van der Waals surface area contributed by atoms with Crippen LogP contribution in [0.3, 0.4) is 0 Å². The highest BCUT2D eigenvalue weighted by Gasteiger charge is 2.08. The van der Waals surface area contributed by atoms with Crippen molar-refractivity contribution >= 4 is 35.8 Å². The van der Waals surface area contributed by atoms with E-state index in [0.29, 0.717) is 18.7 Å². The third-order valence-electron chi connectivity index (χ3n) is 3.99. The molecule has 1 amide bonds. The summed E-state index contributed by atoms with van der Waals surface area (Å²) in [5, 5.41) is 15.9. The molecular formula is C21H29IN4O2. The van der Waals surface area contributed by atoms with Crippen LogP contribution in [0.2, 0.25) is 0 Å². The monoisotopic (exact) mass is 496 g/mol. The van der Waals surface area contributed by atoms with Crippen LogP contribution in [0.1, 0.15) is 28.4 Å². The van der Waals surface area contributed by atoms with Crippen molar-refractivity contribution in [2.75, 3.05) is 27.2 Å². The van der Waals surface area contributed by atoms with E-state index in [1.165, 1.54) is 0 Å². The number of hydrogen-bond donors (Lipinski definition) is 3. The molecule has 0 heterocycles. The van der Waals surface area contributed by atoms with Crippen LogP contribution in [0.4, 0.5) is 0 Å². The SMILES string of the molecule is CCNC(=NCc1ccc(O)cc1)NCCc1cccc(C(=O)N(C)C)c1.I. The Morgan fingerprint density at radius 3 is 2.43 bits per heavy atom. The number of guanidine groups is 1. The largest absolute Gasteiger partial charge is 0.508 e. The molecule has 0 atom stereocenters. The molecule has 2 aromatic rings. The lowest BCUT2D eigenvalue weighted by molar-refractivity contribution is 0.0827. The van der Waals surface area contributed by atoms with Gasteiger partial charge in [0.25, 0.3) is 5.91 Å². The minimum absolute atomic E-state index is 0. The fourth-order valence-electron chi connectivity index (χ4n) is 2.56. The summed E-state index contributed by atoms with van der Waals surface area (Å²) in [6.07, 6.45) is 0.790. The van der Waals surface area contributed by atoms with E-state index in [9.17, 15) is 9.90 Å². The van der Waals surface area contributed by atoms with E-state index >= 15 is 0 Å². The highest BCUT2D eigenvalue weighted by atomic mass is 127. The van der Waals surface area contributed by atoms with E-state index in [4.69, 9.17) is 0 Å². The van der Waals surface area contributed by atoms with Gasteiger partial charge in [0, 0.05) is 32.7 Å². The van der Waals surface area contributed by atoms with Crippen molar-refractivity contribution in [3.63, 3.8) is 0 Å². The second kappa shape index (κ2) is 12.2. The van der Waals surface area contributed by atoms with Crippen LogP contribution in [-0.2, 0) is 13.0 Å². The quantitative estimate of drug-likeness (QED) is 0.313. The molecule has 2 aromatic carbocycles. The number of aliphatic imine (C=N–C) groups is 1. The van der Waals surface area contributed by atoms with Crippen molar-refractivity contribution in [3.05, 3.63) is 65.2 Å². The van der Waals surface area contributed by atoms with Crippen molar-refractivity contribution < 1.29 is 9.90 Å². The number of nitrogens with one attached hydrogen (secondary N) is 2. The normalized spacial score (nSPS) is 10.8. The van der Waals surface area contributed by atoms with Gasteiger partial charge in [-0.1, -0.05) is 24.3 Å². The zero-order chi connectivity index (χ0) is 19.6. The molecule has 0 saturated heterocycles. The molecule has 7 heteroatoms. The van der Waals surface area contributed by atoms with Crippen LogP contribution in [0.25, 0.3) is 0 Å². The standard InChI is InChI=1S/C21H28N4O2.HI/c1-4-22-21(24-15-17-8-10-19(26)11-9-17)23-13-12-16-6-5-7-18(14-16)20(27)25(2)3;/h5-11,14,26H,4,12-13,15H2,1-3H3,(H2,22,23,24);1H. The molecule has 2 rings (SSSR count). The zero-order valence-corrected chi connectivity index (χ0v) is 18.9. The number of carbonyl (C=O) groups is 1. The average molecular weight is 496 g/mol. The number of carbonyl (C=O) groups excluding carboxylic acids is 1. The fourth-order valence-corrected chi connectivity index (χ4v) is 2.56. The molecular weight excluding hydrogens is 467 g/mol. The number of phenolic OH excluding ortho intramolecular Hbond substituents is 1. The van der Waals surface area contributed by atoms with E-state index < -0.39 is 0 Å². The van der Waals surface area contributed by atoms with Gasteiger partial charge in [0.05, 0.1) is 6.54 Å².